The maximum absolute atomic E-state index is 13.3. The second kappa shape index (κ2) is 11.1. The molecule has 0 heterocycles. The molecular formula is C26H26F3NO6S. The summed E-state index contributed by atoms with van der Waals surface area (Å²) in [5.41, 5.74) is -0.0441. The SMILES string of the molecule is COc1cc(OC)cc(C(=O)N(Cc2ccc(OS(=O)(=O)c3cccc(C(F)(F)F)c3)cc2)C(C)C)c1. The first kappa shape index (κ1) is 27.9. The maximum Gasteiger partial charge on any atom is 0.416 e. The first-order valence-corrected chi connectivity index (χ1v) is 12.5. The Kier molecular flexibility index (Phi) is 8.37. The third-order valence-corrected chi connectivity index (χ3v) is 6.66. The highest BCUT2D eigenvalue weighted by atomic mass is 32.2. The summed E-state index contributed by atoms with van der Waals surface area (Å²) in [6.45, 7) is 3.92. The van der Waals surface area contributed by atoms with Crippen molar-refractivity contribution in [3.8, 4) is 17.2 Å². The zero-order valence-corrected chi connectivity index (χ0v) is 21.4. The molecule has 0 unspecified atom stereocenters. The van der Waals surface area contributed by atoms with E-state index in [2.05, 4.69) is 0 Å². The van der Waals surface area contributed by atoms with Gasteiger partial charge in [0.25, 0.3) is 5.91 Å². The highest BCUT2D eigenvalue weighted by Gasteiger charge is 2.32. The van der Waals surface area contributed by atoms with Gasteiger partial charge in [0.2, 0.25) is 0 Å². The Morgan fingerprint density at radius 1 is 0.892 bits per heavy atom. The molecule has 0 atom stereocenters. The normalized spacial score (nSPS) is 11.8. The number of carbonyl (C=O) groups is 1. The van der Waals surface area contributed by atoms with E-state index in [1.165, 1.54) is 26.4 Å². The minimum atomic E-state index is -4.69. The number of alkyl halides is 3. The number of rotatable bonds is 9. The molecule has 3 aromatic carbocycles. The smallest absolute Gasteiger partial charge is 0.416 e. The van der Waals surface area contributed by atoms with Crippen LogP contribution in [0.1, 0.15) is 35.3 Å². The molecule has 0 aliphatic carbocycles. The summed E-state index contributed by atoms with van der Waals surface area (Å²) in [6, 6.07) is 13.9. The van der Waals surface area contributed by atoms with Crippen molar-refractivity contribution in [2.45, 2.75) is 37.5 Å². The van der Waals surface area contributed by atoms with E-state index in [4.69, 9.17) is 13.7 Å². The molecule has 0 N–H and O–H groups in total. The number of carbonyl (C=O) groups excluding carboxylic acids is 1. The Hall–Kier alpha value is -3.73. The highest BCUT2D eigenvalue weighted by molar-refractivity contribution is 7.87. The molecule has 0 fully saturated rings. The molecule has 0 bridgehead atoms. The van der Waals surface area contributed by atoms with E-state index >= 15 is 0 Å². The molecule has 0 aromatic heterocycles. The predicted octanol–water partition coefficient (Wildman–Crippen LogP) is 5.54. The Balaban J connectivity index is 1.78. The second-order valence-corrected chi connectivity index (χ2v) is 9.88. The molecule has 0 radical (unpaired) electrons. The van der Waals surface area contributed by atoms with Crippen molar-refractivity contribution < 1.29 is 40.0 Å². The van der Waals surface area contributed by atoms with Gasteiger partial charge in [-0.3, -0.25) is 4.79 Å². The van der Waals surface area contributed by atoms with Crippen molar-refractivity contribution in [2.75, 3.05) is 14.2 Å². The summed E-state index contributed by atoms with van der Waals surface area (Å²) in [7, 11) is -1.52. The standard InChI is InChI=1S/C26H26F3NO6S/c1-17(2)30(25(31)19-12-22(34-3)15-23(13-19)35-4)16-18-8-10-21(11-9-18)36-37(32,33)24-7-5-6-20(14-24)26(27,28)29/h5-15,17H,16H2,1-4H3. The lowest BCUT2D eigenvalue weighted by Crippen LogP contribution is -2.36. The van der Waals surface area contributed by atoms with Gasteiger partial charge < -0.3 is 18.6 Å². The Bertz CT molecular complexity index is 1330. The fourth-order valence-corrected chi connectivity index (χ4v) is 4.41. The number of benzene rings is 3. The third-order valence-electron chi connectivity index (χ3n) is 5.41. The molecule has 11 heteroatoms. The Morgan fingerprint density at radius 2 is 1.49 bits per heavy atom. The quantitative estimate of drug-likeness (QED) is 0.334. The van der Waals surface area contributed by atoms with Crippen molar-refractivity contribution in [1.29, 1.82) is 0 Å². The number of hydrogen-bond donors (Lipinski definition) is 0. The monoisotopic (exact) mass is 537 g/mol. The van der Waals surface area contributed by atoms with Gasteiger partial charge in [0.15, 0.2) is 0 Å². The topological polar surface area (TPSA) is 82.1 Å². The predicted molar refractivity (Wildman–Crippen MR) is 130 cm³/mol. The van der Waals surface area contributed by atoms with Crippen LogP contribution in [-0.4, -0.2) is 39.5 Å². The largest absolute Gasteiger partial charge is 0.497 e. The van der Waals surface area contributed by atoms with Crippen LogP contribution < -0.4 is 13.7 Å². The average Bonchev–Trinajstić information content (AvgIpc) is 2.86. The maximum atomic E-state index is 13.3. The van der Waals surface area contributed by atoms with Gasteiger partial charge in [0, 0.05) is 24.2 Å². The van der Waals surface area contributed by atoms with Crippen LogP contribution in [0.5, 0.6) is 17.2 Å². The van der Waals surface area contributed by atoms with Crippen LogP contribution in [0.4, 0.5) is 13.2 Å². The first-order valence-electron chi connectivity index (χ1n) is 11.1. The van der Waals surface area contributed by atoms with Crippen molar-refractivity contribution in [2.24, 2.45) is 0 Å². The zero-order valence-electron chi connectivity index (χ0n) is 20.6. The molecular weight excluding hydrogens is 511 g/mol. The summed E-state index contributed by atoms with van der Waals surface area (Å²) in [4.78, 5) is 14.3. The first-order chi connectivity index (χ1) is 17.3. The van der Waals surface area contributed by atoms with Gasteiger partial charge in [-0.15, -0.1) is 0 Å². The average molecular weight is 538 g/mol. The van der Waals surface area contributed by atoms with Crippen LogP contribution in [0, 0.1) is 0 Å². The molecule has 7 nitrogen and oxygen atoms in total. The lowest BCUT2D eigenvalue weighted by molar-refractivity contribution is -0.137. The van der Waals surface area contributed by atoms with E-state index in [9.17, 15) is 26.4 Å². The molecule has 0 aliphatic rings. The highest BCUT2D eigenvalue weighted by Crippen LogP contribution is 2.31. The third kappa shape index (κ3) is 6.94. The van der Waals surface area contributed by atoms with Crippen LogP contribution in [0.2, 0.25) is 0 Å². The second-order valence-electron chi connectivity index (χ2n) is 8.34. The number of nitrogens with zero attached hydrogens (tertiary/aromatic N) is 1. The fraction of sp³-hybridized carbons (Fsp3) is 0.269. The minimum Gasteiger partial charge on any atom is -0.497 e. The zero-order chi connectivity index (χ0) is 27.4. The van der Waals surface area contributed by atoms with E-state index in [0.717, 1.165) is 18.2 Å². The van der Waals surface area contributed by atoms with Crippen LogP contribution in [0.15, 0.2) is 71.6 Å². The van der Waals surface area contributed by atoms with Crippen LogP contribution >= 0.6 is 0 Å². The van der Waals surface area contributed by atoms with Crippen molar-refractivity contribution in [3.05, 3.63) is 83.4 Å². The summed E-state index contributed by atoms with van der Waals surface area (Å²) < 4.78 is 79.4. The van der Waals surface area contributed by atoms with Gasteiger partial charge >= 0.3 is 16.3 Å². The molecule has 37 heavy (non-hydrogen) atoms. The van der Waals surface area contributed by atoms with Crippen molar-refractivity contribution in [3.63, 3.8) is 0 Å². The summed E-state index contributed by atoms with van der Waals surface area (Å²) in [5.74, 6) is 0.588. The molecule has 0 aliphatic heterocycles. The fourth-order valence-electron chi connectivity index (χ4n) is 3.44. The van der Waals surface area contributed by atoms with Crippen molar-refractivity contribution >= 4 is 16.0 Å². The molecule has 1 amide bonds. The van der Waals surface area contributed by atoms with E-state index in [0.29, 0.717) is 28.7 Å². The van der Waals surface area contributed by atoms with Crippen LogP contribution in [0.3, 0.4) is 0 Å². The van der Waals surface area contributed by atoms with E-state index in [-0.39, 0.29) is 24.2 Å². The van der Waals surface area contributed by atoms with E-state index in [1.807, 2.05) is 13.8 Å². The molecule has 3 rings (SSSR count). The van der Waals surface area contributed by atoms with Gasteiger partial charge in [-0.1, -0.05) is 18.2 Å². The number of halogens is 3. The summed E-state index contributed by atoms with van der Waals surface area (Å²) in [5, 5.41) is 0. The minimum absolute atomic E-state index is 0.0823. The van der Waals surface area contributed by atoms with Gasteiger partial charge in [-0.2, -0.15) is 21.6 Å². The van der Waals surface area contributed by atoms with Gasteiger partial charge in [0.1, 0.15) is 22.1 Å². The number of ether oxygens (including phenoxy) is 2. The molecule has 0 saturated carbocycles. The van der Waals surface area contributed by atoms with Crippen molar-refractivity contribution in [1.82, 2.24) is 4.90 Å². The van der Waals surface area contributed by atoms with E-state index < -0.39 is 26.8 Å². The van der Waals surface area contributed by atoms with Gasteiger partial charge in [-0.05, 0) is 61.9 Å². The van der Waals surface area contributed by atoms with Crippen LogP contribution in [0.25, 0.3) is 0 Å². The number of methoxy groups -OCH3 is 2. The Labute approximate surface area is 213 Å². The number of hydrogen-bond acceptors (Lipinski definition) is 6. The van der Waals surface area contributed by atoms with E-state index in [1.54, 1.807) is 35.2 Å². The molecule has 0 saturated heterocycles. The summed E-state index contributed by atoms with van der Waals surface area (Å²) >= 11 is 0. The van der Waals surface area contributed by atoms with Gasteiger partial charge in [-0.25, -0.2) is 0 Å². The van der Waals surface area contributed by atoms with Crippen LogP contribution in [-0.2, 0) is 22.8 Å². The lowest BCUT2D eigenvalue weighted by atomic mass is 10.1. The number of amides is 1. The lowest BCUT2D eigenvalue weighted by Gasteiger charge is -2.27. The molecule has 3 aromatic rings. The summed E-state index contributed by atoms with van der Waals surface area (Å²) in [6.07, 6.45) is -4.69. The Morgan fingerprint density at radius 3 is 2.00 bits per heavy atom. The molecule has 198 valence electrons. The molecule has 0 spiro atoms. The van der Waals surface area contributed by atoms with Gasteiger partial charge in [0.05, 0.1) is 19.8 Å².